The van der Waals surface area contributed by atoms with Crippen molar-refractivity contribution in [3.8, 4) is 5.69 Å². The summed E-state index contributed by atoms with van der Waals surface area (Å²) in [6, 6.07) is 8.23. The van der Waals surface area contributed by atoms with Crippen LogP contribution in [-0.2, 0) is 6.54 Å². The second kappa shape index (κ2) is 8.39. The Balaban J connectivity index is 1.48. The van der Waals surface area contributed by atoms with Crippen LogP contribution in [0.3, 0.4) is 0 Å². The lowest BCUT2D eigenvalue weighted by atomic mass is 10.0. The maximum atomic E-state index is 13.3. The molecule has 3 aromatic rings. The van der Waals surface area contributed by atoms with Crippen molar-refractivity contribution >= 4 is 5.91 Å². The number of nitrogens with zero attached hydrogens (tertiary/aromatic N) is 6. The van der Waals surface area contributed by atoms with E-state index >= 15 is 0 Å². The van der Waals surface area contributed by atoms with Gasteiger partial charge in [-0.3, -0.25) is 14.8 Å². The van der Waals surface area contributed by atoms with E-state index in [9.17, 15) is 4.79 Å². The highest BCUT2D eigenvalue weighted by Crippen LogP contribution is 2.25. The van der Waals surface area contributed by atoms with Crippen LogP contribution < -0.4 is 0 Å². The van der Waals surface area contributed by atoms with Crippen molar-refractivity contribution in [1.82, 2.24) is 34.8 Å². The monoisotopic (exact) mass is 407 g/mol. The molecule has 8 heteroatoms. The smallest absolute Gasteiger partial charge is 0.257 e. The summed E-state index contributed by atoms with van der Waals surface area (Å²) in [7, 11) is 0. The number of aromatic amines is 1. The average Bonchev–Trinajstić information content (AvgIpc) is 3.35. The molecule has 0 radical (unpaired) electrons. The first-order chi connectivity index (χ1) is 14.4. The van der Waals surface area contributed by atoms with Gasteiger partial charge in [-0.2, -0.15) is 10.2 Å². The van der Waals surface area contributed by atoms with Gasteiger partial charge in [0.05, 0.1) is 29.7 Å². The molecule has 0 unspecified atom stereocenters. The molecule has 3 heterocycles. The molecule has 1 N–H and O–H groups in total. The zero-order valence-corrected chi connectivity index (χ0v) is 18.1. The Morgan fingerprint density at radius 2 is 1.80 bits per heavy atom. The number of H-pyrrole nitrogens is 1. The van der Waals surface area contributed by atoms with Crippen LogP contribution in [0.15, 0.2) is 30.5 Å². The molecule has 1 aromatic carbocycles. The molecule has 0 aliphatic carbocycles. The molecule has 0 saturated carbocycles. The average molecular weight is 408 g/mol. The first kappa shape index (κ1) is 20.3. The molecule has 0 bridgehead atoms. The molecule has 0 atom stereocenters. The second-order valence-electron chi connectivity index (χ2n) is 8.25. The largest absolute Gasteiger partial charge is 0.336 e. The number of rotatable bonds is 5. The number of aryl methyl sites for hydroxylation is 2. The number of benzene rings is 1. The molecule has 1 fully saturated rings. The number of piperazine rings is 1. The van der Waals surface area contributed by atoms with Gasteiger partial charge in [0.2, 0.25) is 0 Å². The fourth-order valence-corrected chi connectivity index (χ4v) is 3.91. The number of aromatic nitrogens is 5. The van der Waals surface area contributed by atoms with Crippen molar-refractivity contribution in [1.29, 1.82) is 0 Å². The summed E-state index contributed by atoms with van der Waals surface area (Å²) < 4.78 is 1.90. The number of amides is 1. The zero-order valence-electron chi connectivity index (χ0n) is 18.1. The molecule has 158 valence electrons. The van der Waals surface area contributed by atoms with Crippen LogP contribution in [-0.4, -0.2) is 66.8 Å². The highest BCUT2D eigenvalue weighted by Gasteiger charge is 2.27. The Hall–Kier alpha value is -3.00. The fraction of sp³-hybridized carbons (Fsp3) is 0.455. The van der Waals surface area contributed by atoms with Crippen LogP contribution in [0.5, 0.6) is 0 Å². The fourth-order valence-electron chi connectivity index (χ4n) is 3.91. The van der Waals surface area contributed by atoms with Crippen molar-refractivity contribution in [2.24, 2.45) is 0 Å². The summed E-state index contributed by atoms with van der Waals surface area (Å²) in [6.07, 6.45) is 1.72. The topological polar surface area (TPSA) is 82.9 Å². The van der Waals surface area contributed by atoms with Crippen LogP contribution in [0, 0.1) is 13.8 Å². The third-order valence-corrected chi connectivity index (χ3v) is 5.53. The Bertz CT molecular complexity index is 1010. The van der Waals surface area contributed by atoms with Crippen molar-refractivity contribution in [2.45, 2.75) is 40.2 Å². The molecule has 1 aliphatic rings. The van der Waals surface area contributed by atoms with E-state index in [2.05, 4.69) is 58.1 Å². The molecule has 4 rings (SSSR count). The third kappa shape index (κ3) is 4.14. The molecule has 30 heavy (non-hydrogen) atoms. The lowest BCUT2D eigenvalue weighted by Crippen LogP contribution is -2.48. The summed E-state index contributed by atoms with van der Waals surface area (Å²) >= 11 is 0. The Morgan fingerprint density at radius 1 is 1.10 bits per heavy atom. The number of hydrogen-bond donors (Lipinski definition) is 1. The van der Waals surface area contributed by atoms with Gasteiger partial charge in [0.1, 0.15) is 5.82 Å². The van der Waals surface area contributed by atoms with E-state index in [-0.39, 0.29) is 11.8 Å². The molecule has 1 amide bonds. The van der Waals surface area contributed by atoms with Gasteiger partial charge in [0.25, 0.3) is 5.91 Å². The lowest BCUT2D eigenvalue weighted by molar-refractivity contribution is 0.0624. The lowest BCUT2D eigenvalue weighted by Gasteiger charge is -2.34. The minimum Gasteiger partial charge on any atom is -0.336 e. The predicted molar refractivity (Wildman–Crippen MR) is 115 cm³/mol. The Kier molecular flexibility index (Phi) is 5.67. The van der Waals surface area contributed by atoms with Crippen LogP contribution in [0.2, 0.25) is 0 Å². The Morgan fingerprint density at radius 3 is 2.40 bits per heavy atom. The van der Waals surface area contributed by atoms with Gasteiger partial charge < -0.3 is 4.90 Å². The van der Waals surface area contributed by atoms with E-state index in [0.29, 0.717) is 25.2 Å². The van der Waals surface area contributed by atoms with Crippen molar-refractivity contribution in [3.05, 3.63) is 58.9 Å². The predicted octanol–water partition coefficient (Wildman–Crippen LogP) is 2.69. The highest BCUT2D eigenvalue weighted by molar-refractivity contribution is 5.95. The zero-order chi connectivity index (χ0) is 21.3. The van der Waals surface area contributed by atoms with E-state index in [0.717, 1.165) is 36.1 Å². The van der Waals surface area contributed by atoms with E-state index in [1.807, 2.05) is 28.6 Å². The summed E-state index contributed by atoms with van der Waals surface area (Å²) in [5.74, 6) is 1.87. The van der Waals surface area contributed by atoms with Crippen LogP contribution >= 0.6 is 0 Å². The summed E-state index contributed by atoms with van der Waals surface area (Å²) in [5, 5.41) is 11.7. The van der Waals surface area contributed by atoms with E-state index < -0.39 is 0 Å². The number of hydrogen-bond acceptors (Lipinski definition) is 5. The highest BCUT2D eigenvalue weighted by atomic mass is 16.2. The van der Waals surface area contributed by atoms with E-state index in [4.69, 9.17) is 0 Å². The van der Waals surface area contributed by atoms with E-state index in [1.54, 1.807) is 6.20 Å². The first-order valence-corrected chi connectivity index (χ1v) is 10.5. The quantitative estimate of drug-likeness (QED) is 0.703. The normalized spacial score (nSPS) is 15.2. The maximum Gasteiger partial charge on any atom is 0.257 e. The minimum absolute atomic E-state index is 0.0606. The second-order valence-corrected chi connectivity index (χ2v) is 8.25. The van der Waals surface area contributed by atoms with Crippen molar-refractivity contribution in [2.75, 3.05) is 26.2 Å². The number of nitrogens with one attached hydrogen (secondary N) is 1. The van der Waals surface area contributed by atoms with Gasteiger partial charge in [0.15, 0.2) is 5.82 Å². The molecule has 2 aromatic heterocycles. The van der Waals surface area contributed by atoms with Gasteiger partial charge in [-0.1, -0.05) is 31.5 Å². The van der Waals surface area contributed by atoms with Gasteiger partial charge in [-0.05, 0) is 31.9 Å². The van der Waals surface area contributed by atoms with Gasteiger partial charge in [-0.25, -0.2) is 9.67 Å². The first-order valence-electron chi connectivity index (χ1n) is 10.5. The molecule has 0 spiro atoms. The van der Waals surface area contributed by atoms with Gasteiger partial charge in [0, 0.05) is 26.2 Å². The van der Waals surface area contributed by atoms with Gasteiger partial charge in [-0.15, -0.1) is 0 Å². The van der Waals surface area contributed by atoms with Crippen LogP contribution in [0.4, 0.5) is 0 Å². The van der Waals surface area contributed by atoms with Crippen molar-refractivity contribution < 1.29 is 4.79 Å². The summed E-state index contributed by atoms with van der Waals surface area (Å²) in [4.78, 5) is 21.9. The van der Waals surface area contributed by atoms with E-state index in [1.165, 1.54) is 5.56 Å². The molecule has 1 saturated heterocycles. The SMILES string of the molecule is Cc1ccc(-n2ncc(C(=O)N3CCN(Cc4n[nH]c(C)n4)CC3)c2C(C)C)cc1. The Labute approximate surface area is 176 Å². The van der Waals surface area contributed by atoms with Crippen LogP contribution in [0.1, 0.15) is 53.0 Å². The number of carbonyl (C=O) groups is 1. The van der Waals surface area contributed by atoms with Gasteiger partial charge >= 0.3 is 0 Å². The minimum atomic E-state index is 0.0606. The number of carbonyl (C=O) groups excluding carboxylic acids is 1. The molecule has 8 nitrogen and oxygen atoms in total. The molecular weight excluding hydrogens is 378 g/mol. The summed E-state index contributed by atoms with van der Waals surface area (Å²) in [5.41, 5.74) is 3.84. The molecule has 1 aliphatic heterocycles. The van der Waals surface area contributed by atoms with Crippen LogP contribution in [0.25, 0.3) is 5.69 Å². The third-order valence-electron chi connectivity index (χ3n) is 5.53. The van der Waals surface area contributed by atoms with Crippen molar-refractivity contribution in [3.63, 3.8) is 0 Å². The molecular formula is C22H29N7O. The maximum absolute atomic E-state index is 13.3. The standard InChI is InChI=1S/C22H29N7O/c1-15(2)21-19(13-23-29(21)18-7-5-16(3)6-8-18)22(30)28-11-9-27(10-12-28)14-20-24-17(4)25-26-20/h5-8,13,15H,9-12,14H2,1-4H3,(H,24,25,26). The summed E-state index contributed by atoms with van der Waals surface area (Å²) in [6.45, 7) is 11.9.